The number of rotatable bonds is 4. The van der Waals surface area contributed by atoms with E-state index in [9.17, 15) is 0 Å². The van der Waals surface area contributed by atoms with Gasteiger partial charge < -0.3 is 14.5 Å². The molecule has 0 aliphatic carbocycles. The van der Waals surface area contributed by atoms with Gasteiger partial charge in [0.25, 0.3) is 0 Å². The van der Waals surface area contributed by atoms with Gasteiger partial charge in [0.05, 0.1) is 12.3 Å². The Morgan fingerprint density at radius 2 is 1.92 bits per heavy atom. The second kappa shape index (κ2) is 7.43. The van der Waals surface area contributed by atoms with Gasteiger partial charge in [0.1, 0.15) is 23.1 Å². The highest BCUT2D eigenvalue weighted by Gasteiger charge is 2.20. The Hall–Kier alpha value is -3.09. The topological polar surface area (TPSA) is 65.9 Å². The average molecular weight is 350 g/mol. The summed E-state index contributed by atoms with van der Waals surface area (Å²) in [4.78, 5) is 13.3. The predicted molar refractivity (Wildman–Crippen MR) is 101 cm³/mol. The number of nitrogens with zero attached hydrogens (tertiary/aromatic N) is 5. The largest absolute Gasteiger partial charge is 0.491 e. The summed E-state index contributed by atoms with van der Waals surface area (Å²) >= 11 is 0. The van der Waals surface area contributed by atoms with Crippen molar-refractivity contribution in [2.75, 3.05) is 37.7 Å². The molecule has 2 aliphatic rings. The summed E-state index contributed by atoms with van der Waals surface area (Å²) < 4.78 is 5.62. The van der Waals surface area contributed by atoms with Gasteiger partial charge in [-0.2, -0.15) is 5.10 Å². The van der Waals surface area contributed by atoms with Crippen LogP contribution in [-0.4, -0.2) is 53.4 Å². The molecule has 4 rings (SSSR count). The van der Waals surface area contributed by atoms with Crippen LogP contribution >= 0.6 is 0 Å². The van der Waals surface area contributed by atoms with Crippen LogP contribution in [-0.2, 0) is 0 Å². The van der Waals surface area contributed by atoms with E-state index in [-0.39, 0.29) is 0 Å². The van der Waals surface area contributed by atoms with Crippen molar-refractivity contribution in [3.63, 3.8) is 0 Å². The molecule has 0 unspecified atom stereocenters. The van der Waals surface area contributed by atoms with Crippen LogP contribution in [0.5, 0.6) is 5.75 Å². The third-order valence-electron chi connectivity index (χ3n) is 4.60. The number of hydrogen-bond donors (Lipinski definition) is 1. The maximum Gasteiger partial charge on any atom is 0.146 e. The number of aromatic nitrogens is 2. The molecule has 0 aromatic carbocycles. The van der Waals surface area contributed by atoms with E-state index in [0.29, 0.717) is 6.61 Å². The number of hydrazone groups is 1. The molecule has 0 bridgehead atoms. The average Bonchev–Trinajstić information content (AvgIpc) is 2.73. The second-order valence-electron chi connectivity index (χ2n) is 6.23. The number of fused-ring (bicyclic) bond motifs is 1. The molecule has 0 spiro atoms. The SMILES string of the molecule is C=C(N/N=C1/CCOc2cccnc21)N1CCN(c2ccccn2)CC1. The molecule has 26 heavy (non-hydrogen) atoms. The molecule has 7 heteroatoms. The maximum absolute atomic E-state index is 5.62. The summed E-state index contributed by atoms with van der Waals surface area (Å²) in [6.07, 6.45) is 4.32. The van der Waals surface area contributed by atoms with Crippen molar-refractivity contribution in [1.82, 2.24) is 20.3 Å². The third kappa shape index (κ3) is 3.46. The lowest BCUT2D eigenvalue weighted by atomic mass is 10.1. The van der Waals surface area contributed by atoms with Crippen LogP contribution in [0.4, 0.5) is 5.82 Å². The summed E-state index contributed by atoms with van der Waals surface area (Å²) in [6, 6.07) is 9.79. The molecule has 0 amide bonds. The van der Waals surface area contributed by atoms with Crippen LogP contribution in [0, 0.1) is 0 Å². The van der Waals surface area contributed by atoms with E-state index in [1.54, 1.807) is 6.20 Å². The van der Waals surface area contributed by atoms with Crippen LogP contribution in [0.15, 0.2) is 60.2 Å². The van der Waals surface area contributed by atoms with Gasteiger partial charge in [0.2, 0.25) is 0 Å². The lowest BCUT2D eigenvalue weighted by Crippen LogP contribution is -2.47. The molecule has 0 atom stereocenters. The molecular formula is C19H22N6O. The van der Waals surface area contributed by atoms with Gasteiger partial charge in [-0.05, 0) is 24.3 Å². The van der Waals surface area contributed by atoms with Crippen molar-refractivity contribution < 1.29 is 4.74 Å². The lowest BCUT2D eigenvalue weighted by molar-refractivity contribution is 0.300. The van der Waals surface area contributed by atoms with Crippen molar-refractivity contribution in [1.29, 1.82) is 0 Å². The van der Waals surface area contributed by atoms with Gasteiger partial charge in [0.15, 0.2) is 0 Å². The molecule has 2 aromatic rings. The molecule has 1 fully saturated rings. The van der Waals surface area contributed by atoms with Crippen LogP contribution < -0.4 is 15.1 Å². The molecule has 2 aliphatic heterocycles. The van der Waals surface area contributed by atoms with Crippen molar-refractivity contribution in [2.24, 2.45) is 5.10 Å². The summed E-state index contributed by atoms with van der Waals surface area (Å²) in [5, 5.41) is 4.53. The Kier molecular flexibility index (Phi) is 4.68. The van der Waals surface area contributed by atoms with E-state index in [4.69, 9.17) is 4.74 Å². The molecule has 134 valence electrons. The second-order valence-corrected chi connectivity index (χ2v) is 6.23. The first-order valence-electron chi connectivity index (χ1n) is 8.82. The van der Waals surface area contributed by atoms with Gasteiger partial charge in [-0.15, -0.1) is 0 Å². The molecule has 2 aromatic heterocycles. The zero-order valence-corrected chi connectivity index (χ0v) is 14.6. The number of ether oxygens (including phenoxy) is 1. The fraction of sp³-hybridized carbons (Fsp3) is 0.316. The van der Waals surface area contributed by atoms with Crippen molar-refractivity contribution in [2.45, 2.75) is 6.42 Å². The highest BCUT2D eigenvalue weighted by molar-refractivity contribution is 6.01. The van der Waals surface area contributed by atoms with Crippen LogP contribution in [0.25, 0.3) is 0 Å². The van der Waals surface area contributed by atoms with Gasteiger partial charge in [-0.3, -0.25) is 10.4 Å². The maximum atomic E-state index is 5.62. The summed E-state index contributed by atoms with van der Waals surface area (Å²) in [6.45, 7) is 8.34. The third-order valence-corrected chi connectivity index (χ3v) is 4.60. The summed E-state index contributed by atoms with van der Waals surface area (Å²) in [5.74, 6) is 2.62. The Morgan fingerprint density at radius 1 is 1.08 bits per heavy atom. The first kappa shape index (κ1) is 16.4. The van der Waals surface area contributed by atoms with E-state index in [2.05, 4.69) is 36.9 Å². The zero-order chi connectivity index (χ0) is 17.8. The highest BCUT2D eigenvalue weighted by Crippen LogP contribution is 2.22. The first-order valence-corrected chi connectivity index (χ1v) is 8.82. The van der Waals surface area contributed by atoms with Crippen molar-refractivity contribution in [3.8, 4) is 5.75 Å². The Bertz CT molecular complexity index is 799. The normalized spacial score (nSPS) is 18.2. The fourth-order valence-electron chi connectivity index (χ4n) is 3.16. The quantitative estimate of drug-likeness (QED) is 0.849. The number of nitrogens with one attached hydrogen (secondary N) is 1. The number of pyridine rings is 2. The molecule has 4 heterocycles. The van der Waals surface area contributed by atoms with Gasteiger partial charge in [-0.1, -0.05) is 12.6 Å². The van der Waals surface area contributed by atoms with Gasteiger partial charge in [0, 0.05) is 45.0 Å². The predicted octanol–water partition coefficient (Wildman–Crippen LogP) is 1.85. The van der Waals surface area contributed by atoms with Crippen LogP contribution in [0.2, 0.25) is 0 Å². The van der Waals surface area contributed by atoms with Crippen LogP contribution in [0.3, 0.4) is 0 Å². The Labute approximate surface area is 153 Å². The summed E-state index contributed by atoms with van der Waals surface area (Å²) in [5.41, 5.74) is 4.81. The molecule has 7 nitrogen and oxygen atoms in total. The Morgan fingerprint density at radius 3 is 2.73 bits per heavy atom. The van der Waals surface area contributed by atoms with E-state index >= 15 is 0 Å². The van der Waals surface area contributed by atoms with Crippen LogP contribution in [0.1, 0.15) is 12.1 Å². The Balaban J connectivity index is 1.35. The lowest BCUT2D eigenvalue weighted by Gasteiger charge is -2.37. The zero-order valence-electron chi connectivity index (χ0n) is 14.6. The first-order chi connectivity index (χ1) is 12.8. The van der Waals surface area contributed by atoms with E-state index < -0.39 is 0 Å². The molecule has 1 N–H and O–H groups in total. The highest BCUT2D eigenvalue weighted by atomic mass is 16.5. The van der Waals surface area contributed by atoms with E-state index in [1.807, 2.05) is 36.5 Å². The number of hydrogen-bond acceptors (Lipinski definition) is 7. The van der Waals surface area contributed by atoms with Gasteiger partial charge >= 0.3 is 0 Å². The van der Waals surface area contributed by atoms with E-state index in [0.717, 1.165) is 61.4 Å². The summed E-state index contributed by atoms with van der Waals surface area (Å²) in [7, 11) is 0. The molecule has 1 saturated heterocycles. The minimum atomic E-state index is 0.619. The molecule has 0 saturated carbocycles. The monoisotopic (exact) mass is 350 g/mol. The standard InChI is InChI=1S/C19H22N6O/c1-15(22-23-16-7-14-26-17-5-4-9-21-19(16)17)24-10-12-25(13-11-24)18-6-2-3-8-20-18/h2-6,8-9,22H,1,7,10-14H2/b23-16-. The van der Waals surface area contributed by atoms with Crippen molar-refractivity contribution in [3.05, 3.63) is 60.8 Å². The molecule has 0 radical (unpaired) electrons. The molecular weight excluding hydrogens is 328 g/mol. The van der Waals surface area contributed by atoms with E-state index in [1.165, 1.54) is 0 Å². The minimum absolute atomic E-state index is 0.619. The van der Waals surface area contributed by atoms with Crippen molar-refractivity contribution >= 4 is 11.5 Å². The number of piperazine rings is 1. The smallest absolute Gasteiger partial charge is 0.146 e. The fourth-order valence-corrected chi connectivity index (χ4v) is 3.16. The number of anilines is 1. The minimum Gasteiger partial charge on any atom is -0.491 e. The van der Waals surface area contributed by atoms with Gasteiger partial charge in [-0.25, -0.2) is 4.98 Å².